The number of rotatable bonds is 3. The first-order chi connectivity index (χ1) is 4.83. The molecule has 10 heavy (non-hydrogen) atoms. The summed E-state index contributed by atoms with van der Waals surface area (Å²) in [6.45, 7) is 4.22. The van der Waals surface area contributed by atoms with Gasteiger partial charge in [0.1, 0.15) is 0 Å². The van der Waals surface area contributed by atoms with E-state index in [1.165, 1.54) is 11.5 Å². The molecule has 0 spiro atoms. The average molecular weight is 158 g/mol. The van der Waals surface area contributed by atoms with Crippen molar-refractivity contribution < 1.29 is 0 Å². The van der Waals surface area contributed by atoms with Crippen molar-refractivity contribution in [2.24, 2.45) is 0 Å². The zero-order chi connectivity index (χ0) is 7.40. The lowest BCUT2D eigenvalue weighted by atomic mass is 10.3. The maximum absolute atomic E-state index is 3.75. The number of nitrogens with zero attached hydrogens (tertiary/aromatic N) is 3. The van der Waals surface area contributed by atoms with E-state index >= 15 is 0 Å². The van der Waals surface area contributed by atoms with Crippen LogP contribution in [0.3, 0.4) is 0 Å². The first-order valence-corrected chi connectivity index (χ1v) is 4.02. The van der Waals surface area contributed by atoms with Gasteiger partial charge in [0.15, 0.2) is 0 Å². The first kappa shape index (κ1) is 7.40. The van der Waals surface area contributed by atoms with Gasteiger partial charge in [0, 0.05) is 17.6 Å². The summed E-state index contributed by atoms with van der Waals surface area (Å²) in [5, 5.41) is 11.2. The molecule has 1 heterocycles. The molecule has 0 fully saturated rings. The Morgan fingerprint density at radius 1 is 1.70 bits per heavy atom. The lowest BCUT2D eigenvalue weighted by Crippen LogP contribution is -2.12. The van der Waals surface area contributed by atoms with Crippen LogP contribution < -0.4 is 5.32 Å². The molecule has 0 aliphatic carbocycles. The summed E-state index contributed by atoms with van der Waals surface area (Å²) in [4.78, 5) is 0. The highest BCUT2D eigenvalue weighted by Crippen LogP contribution is 2.07. The number of aromatic nitrogens is 3. The molecule has 1 unspecified atom stereocenters. The molecule has 0 amide bonds. The predicted octanol–water partition coefficient (Wildman–Crippen LogP) is 1.14. The van der Waals surface area contributed by atoms with E-state index in [0.29, 0.717) is 6.04 Å². The molecular formula is C5H10N4S. The molecule has 0 bridgehead atoms. The summed E-state index contributed by atoms with van der Waals surface area (Å²) in [5.74, 6) is 0. The monoisotopic (exact) mass is 158 g/mol. The number of hydrogen-bond donors (Lipinski definition) is 1. The standard InChI is InChI=1S/C5H10N4S/c1-3-4(2)6-5-7-8-9-10-5/h4H,3H2,1-2H3,(H,6,7,9). The summed E-state index contributed by atoms with van der Waals surface area (Å²) in [5.41, 5.74) is 0. The number of nitrogens with one attached hydrogen (secondary N) is 1. The van der Waals surface area contributed by atoms with Crippen LogP contribution in [-0.4, -0.2) is 20.8 Å². The fraction of sp³-hybridized carbons (Fsp3) is 0.800. The van der Waals surface area contributed by atoms with Crippen LogP contribution in [0, 0.1) is 0 Å². The minimum atomic E-state index is 0.453. The topological polar surface area (TPSA) is 50.7 Å². The SMILES string of the molecule is CCC(C)Nc1nnns1. The highest BCUT2D eigenvalue weighted by molar-refractivity contribution is 7.09. The summed E-state index contributed by atoms with van der Waals surface area (Å²) < 4.78 is 3.63. The zero-order valence-electron chi connectivity index (χ0n) is 6.03. The Morgan fingerprint density at radius 2 is 2.50 bits per heavy atom. The minimum absolute atomic E-state index is 0.453. The third-order valence-corrected chi connectivity index (χ3v) is 1.81. The molecule has 5 heteroatoms. The molecule has 56 valence electrons. The molecule has 0 aliphatic heterocycles. The quantitative estimate of drug-likeness (QED) is 0.716. The van der Waals surface area contributed by atoms with E-state index < -0.39 is 0 Å². The Kier molecular flexibility index (Phi) is 2.56. The van der Waals surface area contributed by atoms with Crippen LogP contribution in [0.5, 0.6) is 0 Å². The molecule has 1 rings (SSSR count). The van der Waals surface area contributed by atoms with E-state index in [2.05, 4.69) is 34.0 Å². The largest absolute Gasteiger partial charge is 0.356 e. The molecule has 4 nitrogen and oxygen atoms in total. The Bertz CT molecular complexity index is 174. The van der Waals surface area contributed by atoms with E-state index in [1.54, 1.807) is 0 Å². The lowest BCUT2D eigenvalue weighted by molar-refractivity contribution is 0.759. The van der Waals surface area contributed by atoms with Crippen molar-refractivity contribution in [3.05, 3.63) is 0 Å². The molecule has 0 radical (unpaired) electrons. The molecule has 0 aromatic carbocycles. The number of anilines is 1. The highest BCUT2D eigenvalue weighted by atomic mass is 32.1. The third-order valence-electron chi connectivity index (χ3n) is 1.28. The van der Waals surface area contributed by atoms with Crippen LogP contribution in [0.1, 0.15) is 20.3 Å². The summed E-state index contributed by atoms with van der Waals surface area (Å²) in [6, 6.07) is 0.453. The smallest absolute Gasteiger partial charge is 0.225 e. The van der Waals surface area contributed by atoms with Gasteiger partial charge in [0.05, 0.1) is 0 Å². The minimum Gasteiger partial charge on any atom is -0.356 e. The van der Waals surface area contributed by atoms with Crippen LogP contribution in [0.2, 0.25) is 0 Å². The van der Waals surface area contributed by atoms with Gasteiger partial charge in [0.25, 0.3) is 0 Å². The van der Waals surface area contributed by atoms with Crippen LogP contribution in [0.25, 0.3) is 0 Å². The molecule has 1 N–H and O–H groups in total. The van der Waals surface area contributed by atoms with Crippen molar-refractivity contribution in [3.63, 3.8) is 0 Å². The van der Waals surface area contributed by atoms with Crippen LogP contribution in [-0.2, 0) is 0 Å². The maximum atomic E-state index is 3.75. The molecule has 1 atom stereocenters. The summed E-state index contributed by atoms with van der Waals surface area (Å²) in [6.07, 6.45) is 1.08. The van der Waals surface area contributed by atoms with Gasteiger partial charge in [-0.3, -0.25) is 0 Å². The fourth-order valence-electron chi connectivity index (χ4n) is 0.502. The molecule has 0 saturated carbocycles. The van der Waals surface area contributed by atoms with Gasteiger partial charge in [-0.05, 0) is 18.6 Å². The van der Waals surface area contributed by atoms with Gasteiger partial charge in [-0.25, -0.2) is 0 Å². The van der Waals surface area contributed by atoms with Gasteiger partial charge in [-0.1, -0.05) is 16.5 Å². The summed E-state index contributed by atoms with van der Waals surface area (Å²) in [7, 11) is 0. The van der Waals surface area contributed by atoms with E-state index in [4.69, 9.17) is 0 Å². The van der Waals surface area contributed by atoms with Crippen LogP contribution in [0.4, 0.5) is 5.13 Å². The average Bonchev–Trinajstić information content (AvgIpc) is 2.40. The maximum Gasteiger partial charge on any atom is 0.225 e. The van der Waals surface area contributed by atoms with Crippen molar-refractivity contribution in [1.82, 2.24) is 14.8 Å². The normalized spacial score (nSPS) is 13.0. The second-order valence-corrected chi connectivity index (χ2v) is 2.85. The molecule has 1 aromatic rings. The second kappa shape index (κ2) is 3.46. The predicted molar refractivity (Wildman–Crippen MR) is 41.1 cm³/mol. The van der Waals surface area contributed by atoms with E-state index in [9.17, 15) is 0 Å². The van der Waals surface area contributed by atoms with Gasteiger partial charge >= 0.3 is 0 Å². The summed E-state index contributed by atoms with van der Waals surface area (Å²) >= 11 is 1.28. The van der Waals surface area contributed by atoms with Gasteiger partial charge < -0.3 is 5.32 Å². The van der Waals surface area contributed by atoms with Crippen molar-refractivity contribution in [3.8, 4) is 0 Å². The van der Waals surface area contributed by atoms with E-state index in [1.807, 2.05) is 0 Å². The fourth-order valence-corrected chi connectivity index (χ4v) is 0.979. The third kappa shape index (κ3) is 1.91. The Labute approximate surface area is 63.8 Å². The Hall–Kier alpha value is -0.710. The molecule has 0 saturated heterocycles. The van der Waals surface area contributed by atoms with E-state index in [-0.39, 0.29) is 0 Å². The highest BCUT2D eigenvalue weighted by Gasteiger charge is 2.00. The van der Waals surface area contributed by atoms with Crippen LogP contribution >= 0.6 is 11.5 Å². The first-order valence-electron chi connectivity index (χ1n) is 3.24. The van der Waals surface area contributed by atoms with Crippen molar-refractivity contribution in [2.45, 2.75) is 26.3 Å². The van der Waals surface area contributed by atoms with Gasteiger partial charge in [-0.15, -0.1) is 0 Å². The second-order valence-electron chi connectivity index (χ2n) is 2.12. The molecule has 0 aliphatic rings. The lowest BCUT2D eigenvalue weighted by Gasteiger charge is -2.06. The van der Waals surface area contributed by atoms with Gasteiger partial charge in [0.2, 0.25) is 5.13 Å². The van der Waals surface area contributed by atoms with Crippen LogP contribution in [0.15, 0.2) is 0 Å². The molecule has 1 aromatic heterocycles. The van der Waals surface area contributed by atoms with Crippen molar-refractivity contribution >= 4 is 16.7 Å². The Morgan fingerprint density at radius 3 is 3.00 bits per heavy atom. The van der Waals surface area contributed by atoms with E-state index in [0.717, 1.165) is 11.6 Å². The number of hydrogen-bond acceptors (Lipinski definition) is 5. The van der Waals surface area contributed by atoms with Crippen molar-refractivity contribution in [1.29, 1.82) is 0 Å². The molecular weight excluding hydrogens is 148 g/mol. The van der Waals surface area contributed by atoms with Gasteiger partial charge in [-0.2, -0.15) is 0 Å². The van der Waals surface area contributed by atoms with Crippen molar-refractivity contribution in [2.75, 3.05) is 5.32 Å². The zero-order valence-corrected chi connectivity index (χ0v) is 6.85. The Balaban J connectivity index is 2.40.